The minimum absolute atomic E-state index is 0.215. The van der Waals surface area contributed by atoms with Crippen LogP contribution in [0.1, 0.15) is 41.8 Å². The summed E-state index contributed by atoms with van der Waals surface area (Å²) in [4.78, 5) is 6.13. The van der Waals surface area contributed by atoms with Crippen LogP contribution < -0.4 is 5.32 Å². The van der Waals surface area contributed by atoms with Gasteiger partial charge in [-0.05, 0) is 38.6 Å². The van der Waals surface area contributed by atoms with E-state index in [2.05, 4.69) is 12.2 Å². The number of aryl methyl sites for hydroxylation is 2. The normalized spacial score (nSPS) is 28.7. The number of hydrogen-bond donors (Lipinski definition) is 1. The molecule has 1 aromatic rings. The topological polar surface area (TPSA) is 59.1 Å². The van der Waals surface area contributed by atoms with E-state index in [-0.39, 0.29) is 11.5 Å². The largest absolute Gasteiger partial charge is 0.305 e. The molecule has 0 saturated carbocycles. The Hall–Kier alpha value is -0.460. The Labute approximate surface area is 118 Å². The van der Waals surface area contributed by atoms with E-state index >= 15 is 0 Å². The zero-order valence-corrected chi connectivity index (χ0v) is 12.9. The maximum atomic E-state index is 11.9. The Morgan fingerprint density at radius 3 is 2.89 bits per heavy atom. The quantitative estimate of drug-likeness (QED) is 0.918. The van der Waals surface area contributed by atoms with Crippen molar-refractivity contribution in [1.29, 1.82) is 0 Å². The van der Waals surface area contributed by atoms with Gasteiger partial charge in [-0.2, -0.15) is 0 Å². The standard InChI is InChI=1S/C13H20N2O2S2/c1-2-7-14-13(6-8-19(16,17)9-13)12-15-10-4-3-5-11(10)18-12/h14H,2-9H2,1H3. The Bertz CT molecular complexity index is 558. The van der Waals surface area contributed by atoms with Gasteiger partial charge in [-0.25, -0.2) is 13.4 Å². The molecule has 1 N–H and O–H groups in total. The maximum Gasteiger partial charge on any atom is 0.152 e. The number of nitrogens with zero attached hydrogens (tertiary/aromatic N) is 1. The Morgan fingerprint density at radius 2 is 2.26 bits per heavy atom. The summed E-state index contributed by atoms with van der Waals surface area (Å²) in [6, 6.07) is 0. The number of hydrogen-bond acceptors (Lipinski definition) is 5. The van der Waals surface area contributed by atoms with Gasteiger partial charge in [0.15, 0.2) is 9.84 Å². The van der Waals surface area contributed by atoms with Crippen molar-refractivity contribution >= 4 is 21.2 Å². The average molecular weight is 300 g/mol. The summed E-state index contributed by atoms with van der Waals surface area (Å²) in [5, 5.41) is 4.48. The van der Waals surface area contributed by atoms with Crippen LogP contribution in [0.15, 0.2) is 0 Å². The molecule has 2 heterocycles. The van der Waals surface area contributed by atoms with Crippen LogP contribution in [0, 0.1) is 0 Å². The van der Waals surface area contributed by atoms with E-state index in [1.54, 1.807) is 11.3 Å². The molecule has 1 aromatic heterocycles. The fourth-order valence-electron chi connectivity index (χ4n) is 2.99. The van der Waals surface area contributed by atoms with E-state index < -0.39 is 15.4 Å². The van der Waals surface area contributed by atoms with Crippen LogP contribution in [0.5, 0.6) is 0 Å². The van der Waals surface area contributed by atoms with Gasteiger partial charge >= 0.3 is 0 Å². The smallest absolute Gasteiger partial charge is 0.152 e. The molecular weight excluding hydrogens is 280 g/mol. The lowest BCUT2D eigenvalue weighted by Gasteiger charge is -2.26. The van der Waals surface area contributed by atoms with E-state index in [1.165, 1.54) is 17.0 Å². The minimum atomic E-state index is -2.92. The zero-order valence-electron chi connectivity index (χ0n) is 11.2. The summed E-state index contributed by atoms with van der Waals surface area (Å²) in [6.07, 6.45) is 5.04. The SMILES string of the molecule is CCCNC1(c2nc3c(s2)CCC3)CCS(=O)(=O)C1. The predicted molar refractivity (Wildman–Crippen MR) is 77.4 cm³/mol. The lowest BCUT2D eigenvalue weighted by molar-refractivity contribution is 0.373. The second-order valence-electron chi connectivity index (χ2n) is 5.59. The number of sulfone groups is 1. The summed E-state index contributed by atoms with van der Waals surface area (Å²) in [5.41, 5.74) is 0.797. The van der Waals surface area contributed by atoms with E-state index in [0.29, 0.717) is 6.42 Å². The van der Waals surface area contributed by atoms with Gasteiger partial charge in [-0.1, -0.05) is 6.92 Å². The summed E-state index contributed by atoms with van der Waals surface area (Å²) < 4.78 is 23.8. The molecule has 6 heteroatoms. The predicted octanol–water partition coefficient (Wildman–Crippen LogP) is 1.65. The zero-order chi connectivity index (χ0) is 13.5. The Balaban J connectivity index is 1.94. The molecule has 4 nitrogen and oxygen atoms in total. The Kier molecular flexibility index (Phi) is 3.43. The van der Waals surface area contributed by atoms with Crippen molar-refractivity contribution in [3.63, 3.8) is 0 Å². The highest BCUT2D eigenvalue weighted by Crippen LogP contribution is 2.39. The van der Waals surface area contributed by atoms with Crippen LogP contribution in [0.3, 0.4) is 0 Å². The van der Waals surface area contributed by atoms with Crippen molar-refractivity contribution in [2.45, 2.75) is 44.6 Å². The summed E-state index contributed by atoms with van der Waals surface area (Å²) in [5.74, 6) is 0.500. The first-order valence-electron chi connectivity index (χ1n) is 6.99. The first kappa shape index (κ1) is 13.5. The molecule has 1 fully saturated rings. The molecular formula is C13H20N2O2S2. The van der Waals surface area contributed by atoms with Gasteiger partial charge in [-0.15, -0.1) is 11.3 Å². The van der Waals surface area contributed by atoms with Crippen LogP contribution in [0.2, 0.25) is 0 Å². The van der Waals surface area contributed by atoms with E-state index in [0.717, 1.165) is 30.8 Å². The highest BCUT2D eigenvalue weighted by atomic mass is 32.2. The van der Waals surface area contributed by atoms with E-state index in [4.69, 9.17) is 4.98 Å². The van der Waals surface area contributed by atoms with Gasteiger partial charge in [0.2, 0.25) is 0 Å². The number of fused-ring (bicyclic) bond motifs is 1. The molecule has 1 unspecified atom stereocenters. The molecule has 1 atom stereocenters. The van der Waals surface area contributed by atoms with Crippen molar-refractivity contribution in [3.8, 4) is 0 Å². The van der Waals surface area contributed by atoms with E-state index in [9.17, 15) is 8.42 Å². The lowest BCUT2D eigenvalue weighted by Crippen LogP contribution is -2.44. The molecule has 2 aliphatic rings. The lowest BCUT2D eigenvalue weighted by atomic mass is 10.00. The van der Waals surface area contributed by atoms with E-state index in [1.807, 2.05) is 0 Å². The second kappa shape index (κ2) is 4.82. The summed E-state index contributed by atoms with van der Waals surface area (Å²) in [6.45, 7) is 2.95. The van der Waals surface area contributed by atoms with Crippen molar-refractivity contribution in [2.24, 2.45) is 0 Å². The average Bonchev–Trinajstić information content (AvgIpc) is 2.99. The van der Waals surface area contributed by atoms with Gasteiger partial charge in [0.25, 0.3) is 0 Å². The number of thiazole rings is 1. The van der Waals surface area contributed by atoms with Crippen molar-refractivity contribution in [1.82, 2.24) is 10.3 Å². The molecule has 19 heavy (non-hydrogen) atoms. The van der Waals surface area contributed by atoms with Gasteiger partial charge in [0.1, 0.15) is 5.01 Å². The van der Waals surface area contributed by atoms with Gasteiger partial charge < -0.3 is 5.32 Å². The molecule has 0 aromatic carbocycles. The van der Waals surface area contributed by atoms with Crippen molar-refractivity contribution in [3.05, 3.63) is 15.6 Å². The maximum absolute atomic E-state index is 11.9. The van der Waals surface area contributed by atoms with Gasteiger partial charge in [0.05, 0.1) is 22.7 Å². The van der Waals surface area contributed by atoms with Crippen LogP contribution in [-0.2, 0) is 28.2 Å². The molecule has 1 saturated heterocycles. The summed E-state index contributed by atoms with van der Waals surface area (Å²) >= 11 is 1.73. The third-order valence-corrected chi connectivity index (χ3v) is 7.14. The molecule has 0 amide bonds. The van der Waals surface area contributed by atoms with Crippen molar-refractivity contribution < 1.29 is 8.42 Å². The van der Waals surface area contributed by atoms with Gasteiger partial charge in [-0.3, -0.25) is 0 Å². The molecule has 1 aliphatic carbocycles. The third-order valence-electron chi connectivity index (χ3n) is 4.02. The monoisotopic (exact) mass is 300 g/mol. The highest BCUT2D eigenvalue weighted by molar-refractivity contribution is 7.91. The van der Waals surface area contributed by atoms with Gasteiger partial charge in [0, 0.05) is 4.88 Å². The number of nitrogens with one attached hydrogen (secondary N) is 1. The molecule has 0 radical (unpaired) electrons. The Morgan fingerprint density at radius 1 is 1.42 bits per heavy atom. The van der Waals surface area contributed by atoms with Crippen LogP contribution in [0.25, 0.3) is 0 Å². The first-order chi connectivity index (χ1) is 9.05. The highest BCUT2D eigenvalue weighted by Gasteiger charge is 2.45. The van der Waals surface area contributed by atoms with Crippen molar-refractivity contribution in [2.75, 3.05) is 18.1 Å². The molecule has 0 spiro atoms. The molecule has 3 rings (SSSR count). The number of aromatic nitrogens is 1. The molecule has 106 valence electrons. The third kappa shape index (κ3) is 2.45. The molecule has 1 aliphatic heterocycles. The van der Waals surface area contributed by atoms with Crippen LogP contribution >= 0.6 is 11.3 Å². The molecule has 0 bridgehead atoms. The van der Waals surface area contributed by atoms with Crippen LogP contribution in [0.4, 0.5) is 0 Å². The second-order valence-corrected chi connectivity index (χ2v) is 8.86. The number of rotatable bonds is 4. The summed E-state index contributed by atoms with van der Waals surface area (Å²) in [7, 11) is -2.92. The first-order valence-corrected chi connectivity index (χ1v) is 9.63. The van der Waals surface area contributed by atoms with Crippen LogP contribution in [-0.4, -0.2) is 31.5 Å². The fourth-order valence-corrected chi connectivity index (χ4v) is 6.36. The minimum Gasteiger partial charge on any atom is -0.305 e. The fraction of sp³-hybridized carbons (Fsp3) is 0.769.